The quantitative estimate of drug-likeness (QED) is 0.0211. The van der Waals surface area contributed by atoms with Gasteiger partial charge >= 0.3 is 17.9 Å². The normalized spacial score (nSPS) is 13.1. The highest BCUT2D eigenvalue weighted by Gasteiger charge is 2.25. The molecule has 2 atom stereocenters. The van der Waals surface area contributed by atoms with Crippen LogP contribution in [0.5, 0.6) is 0 Å². The summed E-state index contributed by atoms with van der Waals surface area (Å²) in [5.74, 6) is -2.00. The molecular formula is C69H126NO8+. The Hall–Kier alpha value is -3.01. The van der Waals surface area contributed by atoms with Crippen LogP contribution in [0.4, 0.5) is 0 Å². The van der Waals surface area contributed by atoms with Crippen molar-refractivity contribution in [3.63, 3.8) is 0 Å². The zero-order chi connectivity index (χ0) is 56.9. The van der Waals surface area contributed by atoms with E-state index in [0.29, 0.717) is 17.4 Å². The minimum atomic E-state index is -1.51. The van der Waals surface area contributed by atoms with Crippen molar-refractivity contribution in [3.05, 3.63) is 60.8 Å². The molecule has 9 heteroatoms. The molecule has 0 amide bonds. The lowest BCUT2D eigenvalue weighted by atomic mass is 10.0. The number of likely N-dealkylation sites (N-methyl/N-ethyl adjacent to an activating group) is 1. The molecule has 0 fully saturated rings. The molecular weight excluding hydrogens is 971 g/mol. The Labute approximate surface area is 482 Å². The monoisotopic (exact) mass is 1100 g/mol. The van der Waals surface area contributed by atoms with E-state index < -0.39 is 24.3 Å². The van der Waals surface area contributed by atoms with Gasteiger partial charge in [0, 0.05) is 12.8 Å². The van der Waals surface area contributed by atoms with E-state index in [1.54, 1.807) is 0 Å². The van der Waals surface area contributed by atoms with Gasteiger partial charge in [0.15, 0.2) is 6.10 Å². The fourth-order valence-corrected chi connectivity index (χ4v) is 9.47. The zero-order valence-electron chi connectivity index (χ0n) is 51.8. The molecule has 0 aromatic heterocycles. The van der Waals surface area contributed by atoms with Crippen LogP contribution in [0.15, 0.2) is 60.8 Å². The van der Waals surface area contributed by atoms with Crippen LogP contribution in [-0.4, -0.2) is 87.4 Å². The van der Waals surface area contributed by atoms with Crippen LogP contribution in [0.2, 0.25) is 0 Å². The second-order valence-electron chi connectivity index (χ2n) is 23.4. The number of nitrogens with zero attached hydrogens (tertiary/aromatic N) is 1. The summed E-state index contributed by atoms with van der Waals surface area (Å²) >= 11 is 0. The maximum absolute atomic E-state index is 12.9. The third-order valence-corrected chi connectivity index (χ3v) is 14.5. The lowest BCUT2D eigenvalue weighted by molar-refractivity contribution is -0.870. The number of esters is 2. The van der Waals surface area contributed by atoms with Crippen molar-refractivity contribution in [1.29, 1.82) is 0 Å². The third-order valence-electron chi connectivity index (χ3n) is 14.5. The Balaban J connectivity index is 4.00. The fraction of sp³-hybridized carbons (Fsp3) is 0.812. The van der Waals surface area contributed by atoms with Gasteiger partial charge in [0.1, 0.15) is 13.2 Å². The van der Waals surface area contributed by atoms with Crippen LogP contribution in [0.25, 0.3) is 0 Å². The standard InChI is InChI=1S/C69H125NO8/c1-6-8-10-12-14-16-18-20-22-24-25-26-27-28-29-30-31-32-33-34-35-36-37-38-39-40-41-42-43-44-46-48-50-52-54-56-58-60-67(72)78-65(64-77-69(68(73)74)75-62-61-70(3,4)5)63-76-66(71)59-57-55-53-51-49-47-45-23-21-19-17-15-13-11-9-7-2/h8,10,14,16,20,22-23,25-26,45,65,69H,6-7,9,11-13,15,17-19,21,24,27-44,46-64H2,1-5H3/p+1/b10-8-,16-14-,22-20-,26-25-,45-23-. The number of quaternary nitrogens is 1. The number of hydrogen-bond acceptors (Lipinski definition) is 7. The molecule has 0 spiro atoms. The second-order valence-corrected chi connectivity index (χ2v) is 23.4. The van der Waals surface area contributed by atoms with Crippen molar-refractivity contribution in [3.8, 4) is 0 Å². The lowest BCUT2D eigenvalue weighted by Gasteiger charge is -2.25. The molecule has 454 valence electrons. The maximum atomic E-state index is 12.9. The SMILES string of the molecule is CC/C=C\C/C=C\C/C=C\C/C=C\CCCCCCCCCCCCCCCCCCCCCCCCCCC(=O)OC(COC(=O)CCCCCCC/C=C\CCCCCCCCC)COC(OCC[N+](C)(C)C)C(=O)O. The summed E-state index contributed by atoms with van der Waals surface area (Å²) in [6, 6.07) is 0. The number of hydrogen-bond donors (Lipinski definition) is 1. The number of carboxylic acids is 1. The number of allylic oxidation sites excluding steroid dienone is 10. The van der Waals surface area contributed by atoms with Gasteiger partial charge in [-0.1, -0.05) is 274 Å². The van der Waals surface area contributed by atoms with Gasteiger partial charge in [-0.05, 0) is 77.0 Å². The molecule has 78 heavy (non-hydrogen) atoms. The average Bonchev–Trinajstić information content (AvgIpc) is 3.41. The molecule has 0 aliphatic carbocycles. The summed E-state index contributed by atoms with van der Waals surface area (Å²) in [5.41, 5.74) is 0. The summed E-state index contributed by atoms with van der Waals surface area (Å²) in [5, 5.41) is 9.71. The molecule has 0 rings (SSSR count). The van der Waals surface area contributed by atoms with Crippen molar-refractivity contribution in [2.75, 3.05) is 47.5 Å². The summed E-state index contributed by atoms with van der Waals surface area (Å²) in [6.07, 6.45) is 74.8. The third kappa shape index (κ3) is 60.6. The highest BCUT2D eigenvalue weighted by atomic mass is 16.7. The van der Waals surface area contributed by atoms with Crippen molar-refractivity contribution in [2.24, 2.45) is 0 Å². The first-order valence-electron chi connectivity index (χ1n) is 33.0. The summed E-state index contributed by atoms with van der Waals surface area (Å²) in [4.78, 5) is 37.5. The van der Waals surface area contributed by atoms with Gasteiger partial charge in [-0.15, -0.1) is 0 Å². The molecule has 0 aliphatic rings. The van der Waals surface area contributed by atoms with E-state index in [4.69, 9.17) is 18.9 Å². The molecule has 0 bridgehead atoms. The number of carboxylic acid groups (broad SMARTS) is 1. The number of carbonyl (C=O) groups is 3. The Morgan fingerprint density at radius 1 is 0.397 bits per heavy atom. The Morgan fingerprint density at radius 2 is 0.731 bits per heavy atom. The van der Waals surface area contributed by atoms with Crippen molar-refractivity contribution < 1.29 is 42.9 Å². The second kappa shape index (κ2) is 60.1. The minimum absolute atomic E-state index is 0.183. The number of carbonyl (C=O) groups excluding carboxylic acids is 2. The summed E-state index contributed by atoms with van der Waals surface area (Å²) in [6.45, 7) is 4.79. The first-order valence-corrected chi connectivity index (χ1v) is 33.0. The van der Waals surface area contributed by atoms with Gasteiger partial charge in [0.2, 0.25) is 0 Å². The predicted molar refractivity (Wildman–Crippen MR) is 332 cm³/mol. The molecule has 9 nitrogen and oxygen atoms in total. The van der Waals surface area contributed by atoms with Crippen LogP contribution in [-0.2, 0) is 33.3 Å². The lowest BCUT2D eigenvalue weighted by Crippen LogP contribution is -2.40. The molecule has 1 N–H and O–H groups in total. The fourth-order valence-electron chi connectivity index (χ4n) is 9.47. The summed E-state index contributed by atoms with van der Waals surface area (Å²) in [7, 11) is 5.98. The van der Waals surface area contributed by atoms with Crippen LogP contribution in [0.3, 0.4) is 0 Å². The Bertz CT molecular complexity index is 1460. The highest BCUT2D eigenvalue weighted by molar-refractivity contribution is 5.71. The van der Waals surface area contributed by atoms with Gasteiger partial charge in [-0.2, -0.15) is 0 Å². The van der Waals surface area contributed by atoms with Crippen molar-refractivity contribution >= 4 is 17.9 Å². The largest absolute Gasteiger partial charge is 0.477 e. The van der Waals surface area contributed by atoms with E-state index in [1.807, 2.05) is 21.1 Å². The molecule has 0 aromatic carbocycles. The first kappa shape index (κ1) is 75.0. The number of rotatable bonds is 61. The van der Waals surface area contributed by atoms with Gasteiger partial charge in [-0.3, -0.25) is 9.59 Å². The number of unbranched alkanes of at least 4 members (excludes halogenated alkanes) is 36. The Kier molecular flexibility index (Phi) is 57.8. The van der Waals surface area contributed by atoms with E-state index in [2.05, 4.69) is 74.6 Å². The van der Waals surface area contributed by atoms with Crippen LogP contribution < -0.4 is 0 Å². The van der Waals surface area contributed by atoms with E-state index in [0.717, 1.165) is 77.0 Å². The van der Waals surface area contributed by atoms with Gasteiger partial charge in [0.05, 0.1) is 34.4 Å². The highest BCUT2D eigenvalue weighted by Crippen LogP contribution is 2.18. The molecule has 0 aliphatic heterocycles. The minimum Gasteiger partial charge on any atom is -0.477 e. The van der Waals surface area contributed by atoms with Crippen LogP contribution >= 0.6 is 0 Å². The van der Waals surface area contributed by atoms with Crippen LogP contribution in [0.1, 0.15) is 303 Å². The molecule has 0 heterocycles. The smallest absolute Gasteiger partial charge is 0.361 e. The van der Waals surface area contributed by atoms with Gasteiger partial charge in [-0.25, -0.2) is 4.79 Å². The van der Waals surface area contributed by atoms with Gasteiger partial charge < -0.3 is 28.5 Å². The molecule has 0 saturated heterocycles. The zero-order valence-corrected chi connectivity index (χ0v) is 51.8. The summed E-state index contributed by atoms with van der Waals surface area (Å²) < 4.78 is 22.9. The van der Waals surface area contributed by atoms with Crippen molar-refractivity contribution in [2.45, 2.75) is 315 Å². The van der Waals surface area contributed by atoms with E-state index >= 15 is 0 Å². The molecule has 0 radical (unpaired) electrons. The Morgan fingerprint density at radius 3 is 1.10 bits per heavy atom. The molecule has 0 saturated carbocycles. The topological polar surface area (TPSA) is 108 Å². The van der Waals surface area contributed by atoms with Crippen molar-refractivity contribution in [1.82, 2.24) is 0 Å². The van der Waals surface area contributed by atoms with Crippen LogP contribution in [0, 0.1) is 0 Å². The average molecular weight is 1100 g/mol. The molecule has 0 aromatic rings. The number of aliphatic carboxylic acids is 1. The van der Waals surface area contributed by atoms with E-state index in [9.17, 15) is 19.5 Å². The predicted octanol–water partition coefficient (Wildman–Crippen LogP) is 20.0. The van der Waals surface area contributed by atoms with E-state index in [-0.39, 0.29) is 32.2 Å². The van der Waals surface area contributed by atoms with Gasteiger partial charge in [0.25, 0.3) is 6.29 Å². The first-order chi connectivity index (χ1) is 38.1. The molecule has 2 unspecified atom stereocenters. The van der Waals surface area contributed by atoms with E-state index in [1.165, 1.54) is 199 Å². The maximum Gasteiger partial charge on any atom is 0.361 e. The number of ether oxygens (including phenoxy) is 4.